The SMILES string of the molecule is Cl.Fc1cc(Nc2nc(-c3cccnc3)nc3ccccc23)c(F)c(F)c1F. The normalized spacial score (nSPS) is 10.6. The minimum absolute atomic E-state index is 0. The first-order valence-corrected chi connectivity index (χ1v) is 7.82. The van der Waals surface area contributed by atoms with Gasteiger partial charge in [-0.1, -0.05) is 12.1 Å². The maximum atomic E-state index is 14.1. The molecule has 0 saturated carbocycles. The number of nitrogens with zero attached hydrogens (tertiary/aromatic N) is 3. The molecule has 0 aliphatic heterocycles. The zero-order valence-corrected chi connectivity index (χ0v) is 14.8. The van der Waals surface area contributed by atoms with E-state index in [2.05, 4.69) is 20.3 Å². The Morgan fingerprint density at radius 1 is 0.821 bits per heavy atom. The second-order valence-corrected chi connectivity index (χ2v) is 5.63. The van der Waals surface area contributed by atoms with Crippen molar-refractivity contribution in [2.75, 3.05) is 5.32 Å². The van der Waals surface area contributed by atoms with E-state index >= 15 is 0 Å². The van der Waals surface area contributed by atoms with Crippen molar-refractivity contribution in [1.82, 2.24) is 15.0 Å². The van der Waals surface area contributed by atoms with Gasteiger partial charge < -0.3 is 5.32 Å². The highest BCUT2D eigenvalue weighted by Gasteiger charge is 2.20. The first-order chi connectivity index (χ1) is 13.0. The van der Waals surface area contributed by atoms with Gasteiger partial charge in [0.2, 0.25) is 0 Å². The van der Waals surface area contributed by atoms with Gasteiger partial charge in [0.1, 0.15) is 5.82 Å². The number of para-hydroxylation sites is 1. The maximum Gasteiger partial charge on any atom is 0.199 e. The van der Waals surface area contributed by atoms with Crippen molar-refractivity contribution in [1.29, 1.82) is 0 Å². The molecule has 4 nitrogen and oxygen atoms in total. The molecule has 0 aliphatic rings. The Balaban J connectivity index is 0.00000225. The molecule has 0 spiro atoms. The first kappa shape index (κ1) is 19.5. The molecule has 2 aromatic heterocycles. The van der Waals surface area contributed by atoms with Crippen LogP contribution in [-0.2, 0) is 0 Å². The highest BCUT2D eigenvalue weighted by atomic mass is 35.5. The Morgan fingerprint density at radius 2 is 1.61 bits per heavy atom. The molecule has 1 N–H and O–H groups in total. The molecule has 0 bridgehead atoms. The molecule has 2 aromatic carbocycles. The van der Waals surface area contributed by atoms with Crippen LogP contribution in [0.3, 0.4) is 0 Å². The van der Waals surface area contributed by atoms with Gasteiger partial charge >= 0.3 is 0 Å². The number of hydrogen-bond acceptors (Lipinski definition) is 4. The van der Waals surface area contributed by atoms with Gasteiger partial charge in [-0.05, 0) is 24.3 Å². The van der Waals surface area contributed by atoms with Crippen LogP contribution in [0.4, 0.5) is 29.1 Å². The third-order valence-corrected chi connectivity index (χ3v) is 3.88. The Labute approximate surface area is 162 Å². The van der Waals surface area contributed by atoms with Gasteiger partial charge in [0.25, 0.3) is 0 Å². The maximum absolute atomic E-state index is 14.1. The zero-order chi connectivity index (χ0) is 19.0. The lowest BCUT2D eigenvalue weighted by atomic mass is 10.2. The first-order valence-electron chi connectivity index (χ1n) is 7.82. The van der Waals surface area contributed by atoms with Crippen LogP contribution in [-0.4, -0.2) is 15.0 Å². The predicted molar refractivity (Wildman–Crippen MR) is 99.6 cm³/mol. The Hall–Kier alpha value is -3.26. The Kier molecular flexibility index (Phi) is 5.41. The molecule has 0 amide bonds. The quantitative estimate of drug-likeness (QED) is 0.280. The summed E-state index contributed by atoms with van der Waals surface area (Å²) in [5.41, 5.74) is 0.549. The summed E-state index contributed by atoms with van der Waals surface area (Å²) in [7, 11) is 0. The van der Waals surface area contributed by atoms with E-state index in [1.807, 2.05) is 0 Å². The summed E-state index contributed by atoms with van der Waals surface area (Å²) in [5, 5.41) is 3.04. The van der Waals surface area contributed by atoms with Crippen LogP contribution in [0.15, 0.2) is 54.9 Å². The van der Waals surface area contributed by atoms with E-state index in [1.165, 1.54) is 0 Å². The van der Waals surface area contributed by atoms with Gasteiger partial charge in [-0.2, -0.15) is 0 Å². The molecule has 0 saturated heterocycles. The molecule has 0 radical (unpaired) electrons. The number of anilines is 2. The summed E-state index contributed by atoms with van der Waals surface area (Å²) < 4.78 is 54.3. The molecule has 142 valence electrons. The molecule has 9 heteroatoms. The molecule has 0 aliphatic carbocycles. The van der Waals surface area contributed by atoms with Crippen molar-refractivity contribution in [3.05, 3.63) is 78.1 Å². The second-order valence-electron chi connectivity index (χ2n) is 5.63. The topological polar surface area (TPSA) is 50.7 Å². The standard InChI is InChI=1S/C19H10F4N4.ClH/c20-12-8-14(16(22)17(23)15(12)21)26-19-11-5-1-2-6-13(11)25-18(27-19)10-4-3-7-24-9-10;/h1-9H,(H,25,26,27);1H. The average Bonchev–Trinajstić information content (AvgIpc) is 2.71. The van der Waals surface area contributed by atoms with Crippen LogP contribution in [0.2, 0.25) is 0 Å². The third-order valence-electron chi connectivity index (χ3n) is 3.88. The average molecular weight is 407 g/mol. The Bertz CT molecular complexity index is 1160. The van der Waals surface area contributed by atoms with Crippen molar-refractivity contribution in [3.63, 3.8) is 0 Å². The summed E-state index contributed by atoms with van der Waals surface area (Å²) >= 11 is 0. The lowest BCUT2D eigenvalue weighted by Crippen LogP contribution is -2.04. The van der Waals surface area contributed by atoms with E-state index in [9.17, 15) is 17.6 Å². The summed E-state index contributed by atoms with van der Waals surface area (Å²) in [6.45, 7) is 0. The summed E-state index contributed by atoms with van der Waals surface area (Å²) in [4.78, 5) is 12.7. The van der Waals surface area contributed by atoms with Crippen molar-refractivity contribution < 1.29 is 17.6 Å². The number of halogens is 5. The number of rotatable bonds is 3. The number of benzene rings is 2. The monoisotopic (exact) mass is 406 g/mol. The fourth-order valence-electron chi connectivity index (χ4n) is 2.59. The summed E-state index contributed by atoms with van der Waals surface area (Å²) in [6.07, 6.45) is 3.13. The van der Waals surface area contributed by atoms with Gasteiger partial charge in [-0.3, -0.25) is 4.98 Å². The van der Waals surface area contributed by atoms with E-state index in [1.54, 1.807) is 48.8 Å². The molecule has 2 heterocycles. The van der Waals surface area contributed by atoms with E-state index in [-0.39, 0.29) is 24.0 Å². The minimum Gasteiger partial charge on any atom is -0.337 e. The van der Waals surface area contributed by atoms with Crippen LogP contribution < -0.4 is 5.32 Å². The van der Waals surface area contributed by atoms with Gasteiger partial charge in [0.05, 0.1) is 11.2 Å². The molecular formula is C19H11ClF4N4. The number of nitrogens with one attached hydrogen (secondary N) is 1. The van der Waals surface area contributed by atoms with Gasteiger partial charge in [0, 0.05) is 29.4 Å². The van der Waals surface area contributed by atoms with Crippen LogP contribution >= 0.6 is 12.4 Å². The van der Waals surface area contributed by atoms with E-state index in [0.29, 0.717) is 22.5 Å². The van der Waals surface area contributed by atoms with E-state index in [4.69, 9.17) is 0 Å². The molecule has 4 aromatic rings. The predicted octanol–water partition coefficient (Wildman–Crippen LogP) is 5.41. The number of hydrogen-bond donors (Lipinski definition) is 1. The number of fused-ring (bicyclic) bond motifs is 1. The van der Waals surface area contributed by atoms with Crippen molar-refractivity contribution in [2.24, 2.45) is 0 Å². The fraction of sp³-hybridized carbons (Fsp3) is 0. The molecular weight excluding hydrogens is 396 g/mol. The largest absolute Gasteiger partial charge is 0.337 e. The van der Waals surface area contributed by atoms with E-state index in [0.717, 1.165) is 0 Å². The van der Waals surface area contributed by atoms with E-state index < -0.39 is 29.0 Å². The van der Waals surface area contributed by atoms with Crippen LogP contribution in [0, 0.1) is 23.3 Å². The second kappa shape index (κ2) is 7.77. The number of pyridine rings is 1. The van der Waals surface area contributed by atoms with Crippen LogP contribution in [0.1, 0.15) is 0 Å². The van der Waals surface area contributed by atoms with Crippen LogP contribution in [0.25, 0.3) is 22.3 Å². The van der Waals surface area contributed by atoms with Crippen molar-refractivity contribution in [2.45, 2.75) is 0 Å². The zero-order valence-electron chi connectivity index (χ0n) is 14.0. The summed E-state index contributed by atoms with van der Waals surface area (Å²) in [6, 6.07) is 10.8. The molecule has 0 atom stereocenters. The highest BCUT2D eigenvalue weighted by Crippen LogP contribution is 2.30. The summed E-state index contributed by atoms with van der Waals surface area (Å²) in [5.74, 6) is -6.43. The lowest BCUT2D eigenvalue weighted by molar-refractivity contribution is 0.411. The minimum atomic E-state index is -1.90. The fourth-order valence-corrected chi connectivity index (χ4v) is 2.59. The molecule has 4 rings (SSSR count). The van der Waals surface area contributed by atoms with Gasteiger partial charge in [-0.15, -0.1) is 12.4 Å². The molecule has 28 heavy (non-hydrogen) atoms. The molecule has 0 fully saturated rings. The van der Waals surface area contributed by atoms with Crippen LogP contribution in [0.5, 0.6) is 0 Å². The van der Waals surface area contributed by atoms with Crippen molar-refractivity contribution in [3.8, 4) is 11.4 Å². The molecule has 0 unspecified atom stereocenters. The van der Waals surface area contributed by atoms with Gasteiger partial charge in [0.15, 0.2) is 29.1 Å². The Morgan fingerprint density at radius 3 is 2.36 bits per heavy atom. The van der Waals surface area contributed by atoms with Crippen molar-refractivity contribution >= 4 is 34.8 Å². The van der Waals surface area contributed by atoms with Gasteiger partial charge in [-0.25, -0.2) is 27.5 Å². The highest BCUT2D eigenvalue weighted by molar-refractivity contribution is 5.92. The lowest BCUT2D eigenvalue weighted by Gasteiger charge is -2.12. The third kappa shape index (κ3) is 3.46. The smallest absolute Gasteiger partial charge is 0.199 e. The number of aromatic nitrogens is 3.